The van der Waals surface area contributed by atoms with Crippen LogP contribution in [0.5, 0.6) is 0 Å². The maximum atomic E-state index is 6.28. The number of furan rings is 1. The molecule has 1 aliphatic rings. The van der Waals surface area contributed by atoms with Crippen LogP contribution < -0.4 is 0 Å². The Bertz CT molecular complexity index is 9730. The van der Waals surface area contributed by atoms with Crippen molar-refractivity contribution >= 4 is 183 Å². The molecule has 0 radical (unpaired) electrons. The molecule has 0 saturated heterocycles. The average Bonchev–Trinajstić information content (AvgIpc) is 1.56. The first-order chi connectivity index (χ1) is 70.6. The minimum Gasteiger partial charge on any atom is -0.456 e. The van der Waals surface area contributed by atoms with Crippen molar-refractivity contribution < 1.29 is 4.42 Å². The molecule has 0 spiro atoms. The van der Waals surface area contributed by atoms with Gasteiger partial charge in [0.25, 0.3) is 0 Å². The van der Waals surface area contributed by atoms with Crippen molar-refractivity contribution in [3.63, 3.8) is 0 Å². The zero-order chi connectivity index (χ0) is 94.5. The number of para-hydroxylation sites is 1. The van der Waals surface area contributed by atoms with Gasteiger partial charge in [-0.15, -0.1) is 11.3 Å². The van der Waals surface area contributed by atoms with E-state index in [1.54, 1.807) is 0 Å². The summed E-state index contributed by atoms with van der Waals surface area (Å²) < 4.78 is 8.89. The van der Waals surface area contributed by atoms with Gasteiger partial charge in [-0.1, -0.05) is 408 Å². The second kappa shape index (κ2) is 33.4. The van der Waals surface area contributed by atoms with E-state index < -0.39 is 0 Å². The molecule has 5 aromatic heterocycles. The number of nitrogens with zero attached hydrogens (tertiary/aromatic N) is 9. The Morgan fingerprint density at radius 3 is 0.881 bits per heavy atom. The van der Waals surface area contributed by atoms with Gasteiger partial charge >= 0.3 is 0 Å². The molecular weight excluding hydrogens is 1760 g/mol. The number of benzene rings is 24. The summed E-state index contributed by atoms with van der Waals surface area (Å²) in [6, 6.07) is 161. The van der Waals surface area contributed by atoms with Gasteiger partial charge in [-0.05, 0) is 207 Å². The average molecular weight is 1840 g/mol. The van der Waals surface area contributed by atoms with Crippen LogP contribution in [0, 0.1) is 0 Å². The lowest BCUT2D eigenvalue weighted by Crippen LogP contribution is -2.14. The standard InChI is InChI=1S/C46H31N3.C43H25N3O.C43H25N3S/c1-46(2)39-17-8-7-14-38(39)42-40(46)25-23-30-22-24-35-36(41(30)42)15-9-16-37(35)45-48-43(33-20-18-28-10-3-5-12-31(28)26-33)47-44(49-45)34-21-19-29-11-4-6-13-32(29)27-34;2*1-3-10-29-24-31(18-16-26(29)8-1)41-44-42(32-19-17-27-9-2-4-11-30(27)25-32)46-43(45-41)35-14-7-13-34-33(35)22-20-28-21-23-38-40(39(28)34)36-12-5-6-15-37(36)47-38/h3-27H,1-2H3;2*1-25H. The van der Waals surface area contributed by atoms with Crippen LogP contribution >= 0.6 is 11.3 Å². The molecule has 24 aromatic carbocycles. The predicted molar refractivity (Wildman–Crippen MR) is 596 cm³/mol. The van der Waals surface area contributed by atoms with E-state index >= 15 is 0 Å². The number of hydrogen-bond acceptors (Lipinski definition) is 11. The summed E-state index contributed by atoms with van der Waals surface area (Å²) in [6.45, 7) is 4.68. The molecule has 0 N–H and O–H groups in total. The number of rotatable bonds is 9. The second-order valence-electron chi connectivity index (χ2n) is 37.7. The maximum absolute atomic E-state index is 6.28. The molecule has 0 fully saturated rings. The molecule has 0 bridgehead atoms. The third kappa shape index (κ3) is 14.2. The van der Waals surface area contributed by atoms with Gasteiger partial charge in [0.15, 0.2) is 52.4 Å². The van der Waals surface area contributed by atoms with Gasteiger partial charge in [-0.2, -0.15) is 0 Å². The van der Waals surface area contributed by atoms with Crippen molar-refractivity contribution in [3.05, 3.63) is 466 Å². The number of fused-ring (bicyclic) bond motifs is 27. The zero-order valence-corrected chi connectivity index (χ0v) is 78.5. The Kier molecular flexibility index (Phi) is 19.3. The van der Waals surface area contributed by atoms with Crippen molar-refractivity contribution in [2.24, 2.45) is 0 Å². The van der Waals surface area contributed by atoms with E-state index in [9.17, 15) is 0 Å². The molecule has 30 rings (SSSR count). The highest BCUT2D eigenvalue weighted by atomic mass is 32.1. The molecule has 29 aromatic rings. The lowest BCUT2D eigenvalue weighted by molar-refractivity contribution is 0.661. The fourth-order valence-corrected chi connectivity index (χ4v) is 23.1. The quantitative estimate of drug-likeness (QED) is 0.129. The Balaban J connectivity index is 0.000000105. The van der Waals surface area contributed by atoms with Crippen LogP contribution in [0.3, 0.4) is 0 Å². The summed E-state index contributed by atoms with van der Waals surface area (Å²) in [7, 11) is 0. The molecule has 0 aliphatic heterocycles. The van der Waals surface area contributed by atoms with Gasteiger partial charge in [0.05, 0.1) is 0 Å². The van der Waals surface area contributed by atoms with Gasteiger partial charge in [0, 0.05) is 91.8 Å². The van der Waals surface area contributed by atoms with Crippen molar-refractivity contribution in [3.8, 4) is 114 Å². The minimum absolute atomic E-state index is 0.0718. The SMILES string of the molecule is CC1(C)c2ccccc2-c2c1ccc1ccc3c(-c4nc(-c5ccc6ccccc6c5)nc(-c5ccc6ccccc6c5)n4)cccc3c21.c1ccc2cc(-c3nc(-c4ccc5ccccc5c4)nc(-c4cccc5c4ccc4ccc6oc7ccccc7c6c45)n3)ccc2c1.c1ccc2cc(-c3nc(-c4ccc5ccccc5c4)nc(-c4cccc5c4ccc4ccc6sc7ccccc7c6c45)n3)ccc2c1. The Morgan fingerprint density at radius 1 is 0.175 bits per heavy atom. The molecular formula is C132H81N9OS. The maximum Gasteiger partial charge on any atom is 0.164 e. The first-order valence-corrected chi connectivity index (χ1v) is 49.2. The summed E-state index contributed by atoms with van der Waals surface area (Å²) in [5, 5.41) is 33.1. The lowest BCUT2D eigenvalue weighted by Gasteiger charge is -2.21. The van der Waals surface area contributed by atoms with Gasteiger partial charge in [0.1, 0.15) is 11.2 Å². The van der Waals surface area contributed by atoms with E-state index in [2.05, 4.69) is 457 Å². The highest BCUT2D eigenvalue weighted by Gasteiger charge is 2.37. The van der Waals surface area contributed by atoms with Crippen LogP contribution in [0.1, 0.15) is 25.0 Å². The van der Waals surface area contributed by atoms with E-state index in [-0.39, 0.29) is 5.41 Å². The van der Waals surface area contributed by atoms with Crippen molar-refractivity contribution in [1.82, 2.24) is 44.9 Å². The molecule has 0 atom stereocenters. The normalized spacial score (nSPS) is 12.3. The first-order valence-electron chi connectivity index (χ1n) is 48.4. The monoisotopic (exact) mass is 1840 g/mol. The van der Waals surface area contributed by atoms with E-state index in [1.165, 1.54) is 112 Å². The third-order valence-electron chi connectivity index (χ3n) is 29.0. The molecule has 0 unspecified atom stereocenters. The van der Waals surface area contributed by atoms with Crippen molar-refractivity contribution in [2.75, 3.05) is 0 Å². The Labute approximate surface area is 825 Å². The lowest BCUT2D eigenvalue weighted by atomic mass is 9.82. The van der Waals surface area contributed by atoms with E-state index in [0.29, 0.717) is 52.4 Å². The van der Waals surface area contributed by atoms with Gasteiger partial charge in [0.2, 0.25) is 0 Å². The Hall–Kier alpha value is -18.6. The number of hydrogen-bond donors (Lipinski definition) is 0. The fourth-order valence-electron chi connectivity index (χ4n) is 22.0. The Morgan fingerprint density at radius 2 is 0.469 bits per heavy atom. The summed E-state index contributed by atoms with van der Waals surface area (Å²) >= 11 is 1.85. The molecule has 666 valence electrons. The zero-order valence-electron chi connectivity index (χ0n) is 77.6. The van der Waals surface area contributed by atoms with Crippen molar-refractivity contribution in [2.45, 2.75) is 19.3 Å². The highest BCUT2D eigenvalue weighted by Crippen LogP contribution is 2.54. The molecule has 10 nitrogen and oxygen atoms in total. The molecule has 143 heavy (non-hydrogen) atoms. The summed E-state index contributed by atoms with van der Waals surface area (Å²) in [6.07, 6.45) is 0. The number of aromatic nitrogens is 9. The smallest absolute Gasteiger partial charge is 0.164 e. The van der Waals surface area contributed by atoms with Crippen LogP contribution in [0.2, 0.25) is 0 Å². The fraction of sp³-hybridized carbons (Fsp3) is 0.0227. The van der Waals surface area contributed by atoms with E-state index in [0.717, 1.165) is 131 Å². The molecule has 1 aliphatic carbocycles. The number of thiophene rings is 1. The third-order valence-corrected chi connectivity index (χ3v) is 30.2. The van der Waals surface area contributed by atoms with Crippen LogP contribution in [0.25, 0.3) is 285 Å². The van der Waals surface area contributed by atoms with Gasteiger partial charge in [-0.25, -0.2) is 44.9 Å². The van der Waals surface area contributed by atoms with Crippen LogP contribution in [0.15, 0.2) is 459 Å². The van der Waals surface area contributed by atoms with Crippen molar-refractivity contribution in [1.29, 1.82) is 0 Å². The molecule has 11 heteroatoms. The summed E-state index contributed by atoms with van der Waals surface area (Å²) in [4.78, 5) is 46.4. The van der Waals surface area contributed by atoms with Gasteiger partial charge in [-0.3, -0.25) is 0 Å². The van der Waals surface area contributed by atoms with E-state index in [1.807, 2.05) is 23.5 Å². The van der Waals surface area contributed by atoms with Gasteiger partial charge < -0.3 is 4.42 Å². The minimum atomic E-state index is -0.0718. The predicted octanol–water partition coefficient (Wildman–Crippen LogP) is 35.0. The van der Waals surface area contributed by atoms with Crippen LogP contribution in [-0.4, -0.2) is 44.9 Å². The molecule has 0 amide bonds. The topological polar surface area (TPSA) is 129 Å². The van der Waals surface area contributed by atoms with Crippen LogP contribution in [0.4, 0.5) is 0 Å². The second-order valence-corrected chi connectivity index (χ2v) is 38.8. The summed E-state index contributed by atoms with van der Waals surface area (Å²) in [5.41, 5.74) is 15.8. The summed E-state index contributed by atoms with van der Waals surface area (Å²) in [5.74, 6) is 5.90. The molecule has 0 saturated carbocycles. The highest BCUT2D eigenvalue weighted by molar-refractivity contribution is 7.26. The molecule has 5 heterocycles. The van der Waals surface area contributed by atoms with E-state index in [4.69, 9.17) is 49.3 Å². The largest absolute Gasteiger partial charge is 0.456 e. The first kappa shape index (κ1) is 82.7. The van der Waals surface area contributed by atoms with Crippen LogP contribution in [-0.2, 0) is 5.41 Å².